The first-order chi connectivity index (χ1) is 17.2. The van der Waals surface area contributed by atoms with E-state index in [1.807, 2.05) is 0 Å². The Kier molecular flexibility index (Phi) is 11.3. The lowest BCUT2D eigenvalue weighted by molar-refractivity contribution is 0.0701. The van der Waals surface area contributed by atoms with Gasteiger partial charge < -0.3 is 10.5 Å². The SMILES string of the molecule is CCCCCCCCCCC#Cc1c(C)c(C(=O)NO)c(S(=O)(=O)c2ccc(OC)cc2)c(C)c1N. The predicted octanol–water partition coefficient (Wildman–Crippen LogP) is 5.73. The van der Waals surface area contributed by atoms with Crippen LogP contribution < -0.4 is 16.0 Å². The molecule has 2 aromatic carbocycles. The van der Waals surface area contributed by atoms with Crippen LogP contribution in [0.3, 0.4) is 0 Å². The number of hydroxylamine groups is 1. The maximum absolute atomic E-state index is 13.6. The molecule has 8 heteroatoms. The number of nitrogens with one attached hydrogen (secondary N) is 1. The quantitative estimate of drug-likeness (QED) is 0.109. The van der Waals surface area contributed by atoms with Crippen LogP contribution in [-0.2, 0) is 9.84 Å². The number of nitrogen functional groups attached to an aromatic ring is 1. The normalized spacial score (nSPS) is 11.0. The van der Waals surface area contributed by atoms with Crippen LogP contribution in [-0.4, -0.2) is 26.6 Å². The number of unbranched alkanes of at least 4 members (excludes halogenated alkanes) is 8. The number of anilines is 1. The second kappa shape index (κ2) is 13.9. The zero-order valence-corrected chi connectivity index (χ0v) is 22.6. The lowest BCUT2D eigenvalue weighted by atomic mass is 9.96. The van der Waals surface area contributed by atoms with Crippen molar-refractivity contribution in [3.8, 4) is 17.6 Å². The van der Waals surface area contributed by atoms with Crippen LogP contribution in [0, 0.1) is 25.7 Å². The molecule has 0 atom stereocenters. The fourth-order valence-corrected chi connectivity index (χ4v) is 5.95. The molecule has 2 rings (SSSR count). The van der Waals surface area contributed by atoms with Gasteiger partial charge in [0, 0.05) is 6.42 Å². The molecule has 196 valence electrons. The highest BCUT2D eigenvalue weighted by atomic mass is 32.2. The predicted molar refractivity (Wildman–Crippen MR) is 142 cm³/mol. The van der Waals surface area contributed by atoms with E-state index >= 15 is 0 Å². The van der Waals surface area contributed by atoms with Gasteiger partial charge in [-0.15, -0.1) is 0 Å². The summed E-state index contributed by atoms with van der Waals surface area (Å²) in [4.78, 5) is 12.4. The van der Waals surface area contributed by atoms with Gasteiger partial charge in [-0.3, -0.25) is 10.0 Å². The third-order valence-corrected chi connectivity index (χ3v) is 8.27. The number of carbonyl (C=O) groups excluding carboxylic acids is 1. The molecule has 0 aliphatic carbocycles. The van der Waals surface area contributed by atoms with Gasteiger partial charge in [0.1, 0.15) is 5.75 Å². The average molecular weight is 515 g/mol. The molecule has 0 aliphatic rings. The Balaban J connectivity index is 2.35. The highest BCUT2D eigenvalue weighted by Gasteiger charge is 2.31. The maximum atomic E-state index is 13.6. The van der Waals surface area contributed by atoms with Crippen LogP contribution in [0.25, 0.3) is 0 Å². The monoisotopic (exact) mass is 514 g/mol. The number of methoxy groups -OCH3 is 1. The second-order valence-electron chi connectivity index (χ2n) is 8.89. The summed E-state index contributed by atoms with van der Waals surface area (Å²) < 4.78 is 32.2. The molecular weight excluding hydrogens is 476 g/mol. The Morgan fingerprint density at radius 1 is 1.00 bits per heavy atom. The Hall–Kier alpha value is -3.02. The van der Waals surface area contributed by atoms with Crippen molar-refractivity contribution in [3.63, 3.8) is 0 Å². The summed E-state index contributed by atoms with van der Waals surface area (Å²) >= 11 is 0. The number of amides is 1. The van der Waals surface area contributed by atoms with E-state index in [1.54, 1.807) is 19.3 Å². The minimum Gasteiger partial charge on any atom is -0.497 e. The summed E-state index contributed by atoms with van der Waals surface area (Å²) in [5.41, 5.74) is 8.89. The summed E-state index contributed by atoms with van der Waals surface area (Å²) in [6.07, 6.45) is 10.3. The van der Waals surface area contributed by atoms with Crippen molar-refractivity contribution in [1.82, 2.24) is 5.48 Å². The van der Waals surface area contributed by atoms with Gasteiger partial charge in [0.2, 0.25) is 9.84 Å². The number of hydrogen-bond acceptors (Lipinski definition) is 6. The van der Waals surface area contributed by atoms with Crippen molar-refractivity contribution in [2.45, 2.75) is 88.3 Å². The zero-order chi connectivity index (χ0) is 26.7. The first kappa shape index (κ1) is 29.2. The van der Waals surface area contributed by atoms with E-state index in [2.05, 4.69) is 18.8 Å². The van der Waals surface area contributed by atoms with Crippen molar-refractivity contribution in [1.29, 1.82) is 0 Å². The van der Waals surface area contributed by atoms with Gasteiger partial charge in [0.05, 0.1) is 33.7 Å². The molecule has 0 radical (unpaired) electrons. The molecular formula is C28H38N2O5S. The molecule has 0 heterocycles. The molecule has 1 amide bonds. The van der Waals surface area contributed by atoms with Crippen LogP contribution in [0.15, 0.2) is 34.1 Å². The van der Waals surface area contributed by atoms with E-state index in [9.17, 15) is 18.4 Å². The molecule has 4 N–H and O–H groups in total. The van der Waals surface area contributed by atoms with E-state index in [4.69, 9.17) is 10.5 Å². The van der Waals surface area contributed by atoms with Crippen LogP contribution in [0.4, 0.5) is 5.69 Å². The smallest absolute Gasteiger partial charge is 0.276 e. The van der Waals surface area contributed by atoms with Crippen LogP contribution in [0.5, 0.6) is 5.75 Å². The number of nitrogens with two attached hydrogens (primary N) is 1. The molecule has 0 unspecified atom stereocenters. The maximum Gasteiger partial charge on any atom is 0.276 e. The standard InChI is InChI=1S/C28H38N2O5S/c1-5-6-7-8-9-10-11-12-13-14-15-24-20(2)25(28(31)30-32)27(21(3)26(24)29)36(33,34)23-18-16-22(35-4)17-19-23/h16-19,32H,5-13,29H2,1-4H3,(H,30,31). The van der Waals surface area contributed by atoms with Gasteiger partial charge in [-0.25, -0.2) is 13.9 Å². The van der Waals surface area contributed by atoms with Gasteiger partial charge in [-0.1, -0.05) is 63.7 Å². The van der Waals surface area contributed by atoms with E-state index < -0.39 is 15.7 Å². The molecule has 0 bridgehead atoms. The van der Waals surface area contributed by atoms with Crippen LogP contribution in [0.2, 0.25) is 0 Å². The van der Waals surface area contributed by atoms with Crippen molar-refractivity contribution in [3.05, 3.63) is 46.5 Å². The van der Waals surface area contributed by atoms with Gasteiger partial charge in [-0.05, 0) is 55.7 Å². The number of hydrogen-bond donors (Lipinski definition) is 3. The topological polar surface area (TPSA) is 119 Å². The minimum atomic E-state index is -4.14. The van der Waals surface area contributed by atoms with Gasteiger partial charge in [-0.2, -0.15) is 0 Å². The Bertz CT molecular complexity index is 1210. The largest absolute Gasteiger partial charge is 0.497 e. The third kappa shape index (κ3) is 7.02. The fraction of sp³-hybridized carbons (Fsp3) is 0.464. The molecule has 2 aromatic rings. The van der Waals surface area contributed by atoms with Crippen molar-refractivity contribution < 1.29 is 23.2 Å². The van der Waals surface area contributed by atoms with Gasteiger partial charge in [0.15, 0.2) is 0 Å². The molecule has 36 heavy (non-hydrogen) atoms. The molecule has 0 spiro atoms. The number of rotatable bonds is 12. The van der Waals surface area contributed by atoms with Gasteiger partial charge >= 0.3 is 0 Å². The summed E-state index contributed by atoms with van der Waals surface area (Å²) in [5, 5.41) is 9.38. The lowest BCUT2D eigenvalue weighted by Crippen LogP contribution is -2.25. The molecule has 0 fully saturated rings. The average Bonchev–Trinajstić information content (AvgIpc) is 2.88. The highest BCUT2D eigenvalue weighted by molar-refractivity contribution is 7.91. The second-order valence-corrected chi connectivity index (χ2v) is 10.8. The van der Waals surface area contributed by atoms with Crippen molar-refractivity contribution >= 4 is 21.4 Å². The Labute approximate surface area is 215 Å². The molecule has 7 nitrogen and oxygen atoms in total. The van der Waals surface area contributed by atoms with E-state index in [-0.39, 0.29) is 26.6 Å². The zero-order valence-electron chi connectivity index (χ0n) is 21.7. The van der Waals surface area contributed by atoms with E-state index in [0.29, 0.717) is 23.3 Å². The van der Waals surface area contributed by atoms with Crippen LogP contribution >= 0.6 is 0 Å². The van der Waals surface area contributed by atoms with Crippen LogP contribution in [0.1, 0.15) is 91.8 Å². The summed E-state index contributed by atoms with van der Waals surface area (Å²) in [6, 6.07) is 5.85. The summed E-state index contributed by atoms with van der Waals surface area (Å²) in [5.74, 6) is 5.73. The molecule has 0 aliphatic heterocycles. The molecule has 0 saturated carbocycles. The van der Waals surface area contributed by atoms with Gasteiger partial charge in [0.25, 0.3) is 5.91 Å². The number of sulfone groups is 1. The first-order valence-corrected chi connectivity index (χ1v) is 13.9. The highest BCUT2D eigenvalue weighted by Crippen LogP contribution is 2.36. The molecule has 0 saturated heterocycles. The number of ether oxygens (including phenoxy) is 1. The summed E-state index contributed by atoms with van der Waals surface area (Å²) in [6.45, 7) is 5.35. The summed E-state index contributed by atoms with van der Waals surface area (Å²) in [7, 11) is -2.66. The number of carbonyl (C=O) groups is 1. The van der Waals surface area contributed by atoms with E-state index in [0.717, 1.165) is 12.8 Å². The fourth-order valence-electron chi connectivity index (χ4n) is 4.19. The third-order valence-electron chi connectivity index (χ3n) is 6.33. The lowest BCUT2D eigenvalue weighted by Gasteiger charge is -2.19. The number of benzene rings is 2. The minimum absolute atomic E-state index is 0.0225. The first-order valence-electron chi connectivity index (χ1n) is 12.5. The van der Waals surface area contributed by atoms with E-state index in [1.165, 1.54) is 69.9 Å². The Morgan fingerprint density at radius 2 is 1.58 bits per heavy atom. The van der Waals surface area contributed by atoms with Crippen molar-refractivity contribution in [2.75, 3.05) is 12.8 Å². The van der Waals surface area contributed by atoms with Crippen molar-refractivity contribution in [2.24, 2.45) is 0 Å². The molecule has 0 aromatic heterocycles. The Morgan fingerprint density at radius 3 is 2.14 bits per heavy atom.